The summed E-state index contributed by atoms with van der Waals surface area (Å²) in [7, 11) is 0. The summed E-state index contributed by atoms with van der Waals surface area (Å²) in [6.07, 6.45) is 3.29. The standard InChI is InChI=1S/C14H30ClNO3/c1-3-4-8-17-10-12-19-13-11-18-9-7-16-6-5-14(2)15/h14,16H,3-13H2,1-2H3. The molecule has 5 heteroatoms. The van der Waals surface area contributed by atoms with Crippen LogP contribution in [-0.2, 0) is 14.2 Å². The third-order valence-corrected chi connectivity index (χ3v) is 2.75. The maximum Gasteiger partial charge on any atom is 0.0701 e. The fraction of sp³-hybridized carbons (Fsp3) is 1.00. The normalized spacial score (nSPS) is 12.8. The second kappa shape index (κ2) is 16.2. The molecule has 0 aromatic carbocycles. The van der Waals surface area contributed by atoms with E-state index in [2.05, 4.69) is 12.2 Å². The van der Waals surface area contributed by atoms with E-state index in [9.17, 15) is 0 Å². The van der Waals surface area contributed by atoms with Crippen LogP contribution in [0, 0.1) is 0 Å². The van der Waals surface area contributed by atoms with E-state index in [1.165, 1.54) is 6.42 Å². The molecule has 19 heavy (non-hydrogen) atoms. The second-order valence-corrected chi connectivity index (χ2v) is 5.26. The fourth-order valence-corrected chi connectivity index (χ4v) is 1.47. The van der Waals surface area contributed by atoms with Gasteiger partial charge in [-0.1, -0.05) is 13.3 Å². The van der Waals surface area contributed by atoms with E-state index in [4.69, 9.17) is 25.8 Å². The molecule has 0 aromatic rings. The van der Waals surface area contributed by atoms with Crippen molar-refractivity contribution in [3.05, 3.63) is 0 Å². The second-order valence-electron chi connectivity index (χ2n) is 4.51. The number of halogens is 1. The highest BCUT2D eigenvalue weighted by atomic mass is 35.5. The zero-order valence-corrected chi connectivity index (χ0v) is 13.2. The Morgan fingerprint density at radius 2 is 1.47 bits per heavy atom. The van der Waals surface area contributed by atoms with Gasteiger partial charge in [0.2, 0.25) is 0 Å². The fourth-order valence-electron chi connectivity index (χ4n) is 1.36. The van der Waals surface area contributed by atoms with Crippen LogP contribution in [0.5, 0.6) is 0 Å². The Morgan fingerprint density at radius 1 is 0.895 bits per heavy atom. The maximum absolute atomic E-state index is 5.83. The summed E-state index contributed by atoms with van der Waals surface area (Å²) in [5, 5.41) is 3.51. The van der Waals surface area contributed by atoms with Crippen molar-refractivity contribution in [3.8, 4) is 0 Å². The van der Waals surface area contributed by atoms with E-state index in [0.717, 1.165) is 32.5 Å². The van der Waals surface area contributed by atoms with Gasteiger partial charge in [0.05, 0.1) is 33.0 Å². The van der Waals surface area contributed by atoms with E-state index >= 15 is 0 Å². The zero-order valence-electron chi connectivity index (χ0n) is 12.5. The highest BCUT2D eigenvalue weighted by Gasteiger charge is 1.95. The Labute approximate surface area is 123 Å². The lowest BCUT2D eigenvalue weighted by Crippen LogP contribution is -2.23. The smallest absolute Gasteiger partial charge is 0.0701 e. The van der Waals surface area contributed by atoms with Gasteiger partial charge < -0.3 is 19.5 Å². The first-order valence-corrected chi connectivity index (χ1v) is 7.79. The molecule has 0 rings (SSSR count). The quantitative estimate of drug-likeness (QED) is 0.372. The van der Waals surface area contributed by atoms with Crippen molar-refractivity contribution in [2.45, 2.75) is 38.5 Å². The van der Waals surface area contributed by atoms with Crippen molar-refractivity contribution in [2.75, 3.05) is 52.7 Å². The van der Waals surface area contributed by atoms with E-state index < -0.39 is 0 Å². The van der Waals surface area contributed by atoms with Gasteiger partial charge in [-0.15, -0.1) is 11.6 Å². The third-order valence-electron chi connectivity index (χ3n) is 2.53. The van der Waals surface area contributed by atoms with Gasteiger partial charge in [0.1, 0.15) is 0 Å². The first-order valence-electron chi connectivity index (χ1n) is 7.35. The molecule has 1 atom stereocenters. The molecule has 0 aromatic heterocycles. The Hall–Kier alpha value is 0.130. The predicted molar refractivity (Wildman–Crippen MR) is 80.2 cm³/mol. The van der Waals surface area contributed by atoms with Crippen LogP contribution >= 0.6 is 11.6 Å². The summed E-state index contributed by atoms with van der Waals surface area (Å²) in [6.45, 7) is 10.1. The van der Waals surface area contributed by atoms with Gasteiger partial charge in [-0.3, -0.25) is 0 Å². The van der Waals surface area contributed by atoms with Crippen molar-refractivity contribution in [1.29, 1.82) is 0 Å². The Kier molecular flexibility index (Phi) is 16.3. The van der Waals surface area contributed by atoms with Crippen LogP contribution in [0.1, 0.15) is 33.1 Å². The molecular formula is C14H30ClNO3. The zero-order chi connectivity index (χ0) is 14.2. The molecule has 0 saturated heterocycles. The molecule has 0 amide bonds. The Balaban J connectivity index is 2.91. The minimum Gasteiger partial charge on any atom is -0.379 e. The molecule has 0 aliphatic rings. The minimum atomic E-state index is 0.237. The molecule has 0 aliphatic heterocycles. The number of hydrogen-bond acceptors (Lipinski definition) is 4. The van der Waals surface area contributed by atoms with Gasteiger partial charge in [-0.25, -0.2) is 0 Å². The first kappa shape index (κ1) is 19.1. The SMILES string of the molecule is CCCCOCCOCCOCCNCCC(C)Cl. The Bertz CT molecular complexity index is 171. The first-order chi connectivity index (χ1) is 9.27. The van der Waals surface area contributed by atoms with Gasteiger partial charge in [0, 0.05) is 18.5 Å². The number of ether oxygens (including phenoxy) is 3. The molecular weight excluding hydrogens is 266 g/mol. The van der Waals surface area contributed by atoms with Gasteiger partial charge in [0.15, 0.2) is 0 Å². The van der Waals surface area contributed by atoms with Crippen LogP contribution in [0.2, 0.25) is 0 Å². The minimum absolute atomic E-state index is 0.237. The average Bonchev–Trinajstić information content (AvgIpc) is 2.39. The van der Waals surface area contributed by atoms with E-state index in [0.29, 0.717) is 33.0 Å². The highest BCUT2D eigenvalue weighted by molar-refractivity contribution is 6.20. The van der Waals surface area contributed by atoms with Crippen molar-refractivity contribution >= 4 is 11.6 Å². The molecule has 1 unspecified atom stereocenters. The van der Waals surface area contributed by atoms with Gasteiger partial charge >= 0.3 is 0 Å². The van der Waals surface area contributed by atoms with Crippen LogP contribution in [0.4, 0.5) is 0 Å². The van der Waals surface area contributed by atoms with Gasteiger partial charge in [0.25, 0.3) is 0 Å². The van der Waals surface area contributed by atoms with Crippen LogP contribution < -0.4 is 5.32 Å². The number of rotatable bonds is 15. The number of alkyl halides is 1. The molecule has 0 fully saturated rings. The van der Waals surface area contributed by atoms with E-state index in [-0.39, 0.29) is 5.38 Å². The molecule has 0 spiro atoms. The summed E-state index contributed by atoms with van der Waals surface area (Å²) in [5.41, 5.74) is 0. The number of unbranched alkanes of at least 4 members (excludes halogenated alkanes) is 1. The highest BCUT2D eigenvalue weighted by Crippen LogP contribution is 1.96. The topological polar surface area (TPSA) is 39.7 Å². The largest absolute Gasteiger partial charge is 0.379 e. The average molecular weight is 296 g/mol. The Morgan fingerprint density at radius 3 is 2.05 bits per heavy atom. The molecule has 0 bridgehead atoms. The molecule has 0 heterocycles. The van der Waals surface area contributed by atoms with Crippen molar-refractivity contribution in [1.82, 2.24) is 5.32 Å². The van der Waals surface area contributed by atoms with Crippen LogP contribution in [0.25, 0.3) is 0 Å². The lowest BCUT2D eigenvalue weighted by molar-refractivity contribution is 0.0147. The summed E-state index contributed by atoms with van der Waals surface area (Å²) in [5.74, 6) is 0. The van der Waals surface area contributed by atoms with Crippen molar-refractivity contribution < 1.29 is 14.2 Å². The van der Waals surface area contributed by atoms with Crippen LogP contribution in [-0.4, -0.2) is 58.1 Å². The molecule has 0 saturated carbocycles. The number of hydrogen-bond donors (Lipinski definition) is 1. The molecule has 1 N–H and O–H groups in total. The molecule has 0 radical (unpaired) electrons. The van der Waals surface area contributed by atoms with Crippen LogP contribution in [0.3, 0.4) is 0 Å². The summed E-state index contributed by atoms with van der Waals surface area (Å²) >= 11 is 5.83. The van der Waals surface area contributed by atoms with E-state index in [1.807, 2.05) is 6.92 Å². The van der Waals surface area contributed by atoms with E-state index in [1.54, 1.807) is 0 Å². The molecule has 4 nitrogen and oxygen atoms in total. The monoisotopic (exact) mass is 295 g/mol. The van der Waals surface area contributed by atoms with Crippen molar-refractivity contribution in [2.24, 2.45) is 0 Å². The lowest BCUT2D eigenvalue weighted by atomic mass is 10.3. The molecule has 0 aliphatic carbocycles. The third kappa shape index (κ3) is 18.1. The summed E-state index contributed by atoms with van der Waals surface area (Å²) in [4.78, 5) is 0. The van der Waals surface area contributed by atoms with Gasteiger partial charge in [-0.2, -0.15) is 0 Å². The lowest BCUT2D eigenvalue weighted by Gasteiger charge is -2.08. The van der Waals surface area contributed by atoms with Gasteiger partial charge in [-0.05, 0) is 26.3 Å². The van der Waals surface area contributed by atoms with Crippen molar-refractivity contribution in [3.63, 3.8) is 0 Å². The predicted octanol–water partition coefficient (Wildman–Crippen LogP) is 2.44. The maximum atomic E-state index is 5.83. The summed E-state index contributed by atoms with van der Waals surface area (Å²) in [6, 6.07) is 0. The summed E-state index contributed by atoms with van der Waals surface area (Å²) < 4.78 is 16.2. The molecule has 116 valence electrons. The number of nitrogens with one attached hydrogen (secondary N) is 1. The van der Waals surface area contributed by atoms with Crippen LogP contribution in [0.15, 0.2) is 0 Å².